The van der Waals surface area contributed by atoms with Gasteiger partial charge in [-0.15, -0.1) is 0 Å². The van der Waals surface area contributed by atoms with E-state index in [1.165, 1.54) is 11.1 Å². The summed E-state index contributed by atoms with van der Waals surface area (Å²) in [5, 5.41) is 11.7. The third kappa shape index (κ3) is 5.63. The molecular formula is C34H37N5O4. The zero-order valence-corrected chi connectivity index (χ0v) is 25.4. The Morgan fingerprint density at radius 1 is 0.953 bits per heavy atom. The summed E-state index contributed by atoms with van der Waals surface area (Å²) in [5.74, 6) is 0.914. The number of aromatic nitrogens is 3. The van der Waals surface area contributed by atoms with Gasteiger partial charge in [-0.05, 0) is 44.5 Å². The van der Waals surface area contributed by atoms with Crippen LogP contribution in [0.4, 0.5) is 11.4 Å². The number of likely N-dealkylation sites (N-methyl/N-ethyl adjacent to an activating group) is 1. The van der Waals surface area contributed by atoms with Crippen LogP contribution in [0.25, 0.3) is 33.3 Å². The lowest BCUT2D eigenvalue weighted by Gasteiger charge is -2.26. The molecule has 0 aliphatic rings. The number of benzene rings is 2. The fourth-order valence-corrected chi connectivity index (χ4v) is 5.34. The summed E-state index contributed by atoms with van der Waals surface area (Å²) >= 11 is 0. The minimum Gasteiger partial charge on any atom is -0.490 e. The molecule has 1 amide bonds. The lowest BCUT2D eigenvalue weighted by Crippen LogP contribution is -2.28. The quantitative estimate of drug-likeness (QED) is 0.200. The van der Waals surface area contributed by atoms with E-state index in [0.717, 1.165) is 39.0 Å². The van der Waals surface area contributed by atoms with Gasteiger partial charge in [-0.2, -0.15) is 0 Å². The number of hydrogen-bond acceptors (Lipinski definition) is 7. The maximum Gasteiger partial charge on any atom is 0.255 e. The molecule has 0 aliphatic heterocycles. The van der Waals surface area contributed by atoms with Crippen molar-refractivity contribution in [2.45, 2.75) is 26.9 Å². The Morgan fingerprint density at radius 2 is 1.72 bits per heavy atom. The lowest BCUT2D eigenvalue weighted by atomic mass is 9.97. The van der Waals surface area contributed by atoms with Crippen LogP contribution in [0.3, 0.4) is 0 Å². The largest absolute Gasteiger partial charge is 0.490 e. The number of para-hydroxylation sites is 2. The van der Waals surface area contributed by atoms with Crippen LogP contribution in [-0.4, -0.2) is 65.2 Å². The molecule has 9 nitrogen and oxygen atoms in total. The molecule has 0 fully saturated rings. The van der Waals surface area contributed by atoms with Crippen molar-refractivity contribution in [1.29, 1.82) is 0 Å². The Kier molecular flexibility index (Phi) is 8.63. The number of nitrogens with zero attached hydrogens (tertiary/aromatic N) is 4. The molecule has 3 aromatic heterocycles. The summed E-state index contributed by atoms with van der Waals surface area (Å²) in [6, 6.07) is 15.9. The predicted octanol–water partition coefficient (Wildman–Crippen LogP) is 6.29. The summed E-state index contributed by atoms with van der Waals surface area (Å²) in [7, 11) is 5.25. The topological polar surface area (TPSA) is 104 Å². The number of pyridine rings is 2. The fourth-order valence-electron chi connectivity index (χ4n) is 5.34. The number of anilines is 2. The highest BCUT2D eigenvalue weighted by atomic mass is 16.5. The van der Waals surface area contributed by atoms with Crippen LogP contribution >= 0.6 is 0 Å². The highest BCUT2D eigenvalue weighted by molar-refractivity contribution is 6.09. The van der Waals surface area contributed by atoms with E-state index in [-0.39, 0.29) is 0 Å². The third-order valence-corrected chi connectivity index (χ3v) is 7.40. The molecule has 222 valence electrons. The molecule has 2 N–H and O–H groups in total. The van der Waals surface area contributed by atoms with E-state index in [9.17, 15) is 9.90 Å². The molecule has 1 unspecified atom stereocenters. The number of amides is 1. The summed E-state index contributed by atoms with van der Waals surface area (Å²) in [5.41, 5.74) is 7.38. The summed E-state index contributed by atoms with van der Waals surface area (Å²) in [4.78, 5) is 28.7. The van der Waals surface area contributed by atoms with E-state index in [1.807, 2.05) is 57.4 Å². The average Bonchev–Trinajstić information content (AvgIpc) is 3.45. The number of aliphatic hydroxyl groups excluding tert-OH is 1. The first-order valence-corrected chi connectivity index (χ1v) is 14.3. The lowest BCUT2D eigenvalue weighted by molar-refractivity contribution is -0.137. The van der Waals surface area contributed by atoms with Gasteiger partial charge in [0.2, 0.25) is 0 Å². The number of aryl methyl sites for hydroxylation is 1. The molecule has 5 aromatic rings. The van der Waals surface area contributed by atoms with Crippen molar-refractivity contribution in [3.63, 3.8) is 0 Å². The van der Waals surface area contributed by atoms with E-state index < -0.39 is 12.0 Å². The number of hydrogen-bond donors (Lipinski definition) is 2. The number of fused-ring (bicyclic) bond motifs is 1. The van der Waals surface area contributed by atoms with Crippen molar-refractivity contribution < 1.29 is 19.4 Å². The number of rotatable bonds is 10. The highest BCUT2D eigenvalue weighted by Crippen LogP contribution is 2.47. The second kappa shape index (κ2) is 12.5. The number of carbonyl (C=O) groups excluding carboxylic acids is 1. The zero-order chi connectivity index (χ0) is 30.7. The minimum atomic E-state index is -1.34. The first kappa shape index (κ1) is 29.6. The number of aliphatic hydroxyl groups is 1. The van der Waals surface area contributed by atoms with E-state index in [4.69, 9.17) is 14.5 Å². The fraction of sp³-hybridized carbons (Fsp3) is 0.265. The molecule has 0 saturated heterocycles. The maximum absolute atomic E-state index is 12.6. The molecule has 5 rings (SSSR count). The van der Waals surface area contributed by atoms with Gasteiger partial charge in [0.05, 0.1) is 24.3 Å². The third-order valence-electron chi connectivity index (χ3n) is 7.40. The minimum absolute atomic E-state index is 0.401. The second-order valence-electron chi connectivity index (χ2n) is 10.4. The van der Waals surface area contributed by atoms with Crippen LogP contribution in [0, 0.1) is 6.92 Å². The van der Waals surface area contributed by atoms with Gasteiger partial charge < -0.3 is 29.4 Å². The highest BCUT2D eigenvalue weighted by Gasteiger charge is 2.25. The van der Waals surface area contributed by atoms with Gasteiger partial charge in [0, 0.05) is 79.4 Å². The molecule has 0 saturated carbocycles. The van der Waals surface area contributed by atoms with Gasteiger partial charge >= 0.3 is 0 Å². The Hall–Kier alpha value is -4.89. The molecule has 1 atom stereocenters. The number of nitrogens with one attached hydrogen (secondary N) is 1. The zero-order valence-electron chi connectivity index (χ0n) is 25.4. The van der Waals surface area contributed by atoms with Crippen LogP contribution in [-0.2, 0) is 4.79 Å². The predicted molar refractivity (Wildman–Crippen MR) is 170 cm³/mol. The van der Waals surface area contributed by atoms with Crippen molar-refractivity contribution in [3.8, 4) is 33.8 Å². The van der Waals surface area contributed by atoms with Crippen molar-refractivity contribution in [2.75, 3.05) is 39.3 Å². The molecule has 2 aromatic carbocycles. The van der Waals surface area contributed by atoms with Crippen molar-refractivity contribution in [1.82, 2.24) is 19.9 Å². The van der Waals surface area contributed by atoms with E-state index in [1.54, 1.807) is 32.6 Å². The van der Waals surface area contributed by atoms with Gasteiger partial charge in [0.15, 0.2) is 17.6 Å². The summed E-state index contributed by atoms with van der Waals surface area (Å²) in [6.07, 6.45) is 5.64. The van der Waals surface area contributed by atoms with Gasteiger partial charge in [-0.1, -0.05) is 30.3 Å². The number of H-pyrrole nitrogens is 1. The molecule has 3 heterocycles. The molecular weight excluding hydrogens is 542 g/mol. The first-order valence-electron chi connectivity index (χ1n) is 14.3. The van der Waals surface area contributed by atoms with Crippen LogP contribution in [0.15, 0.2) is 73.3 Å². The Morgan fingerprint density at radius 3 is 2.44 bits per heavy atom. The van der Waals surface area contributed by atoms with Crippen LogP contribution < -0.4 is 14.4 Å². The van der Waals surface area contributed by atoms with Gasteiger partial charge in [-0.25, -0.2) is 4.98 Å². The second-order valence-corrected chi connectivity index (χ2v) is 10.4. The van der Waals surface area contributed by atoms with Crippen LogP contribution in [0.2, 0.25) is 0 Å². The smallest absolute Gasteiger partial charge is 0.255 e. The molecule has 9 heteroatoms. The number of carbonyl (C=O) groups is 1. The Balaban J connectivity index is 1.81. The van der Waals surface area contributed by atoms with E-state index in [0.29, 0.717) is 41.5 Å². The number of ether oxygens (including phenoxy) is 2. The standard InChI is InChI=1S/C34H37N5O4/c1-7-42-28-15-11-13-24(32(28)43-8-2)26-20-37-33-29(26)30(39(6)27-14-10-9-12-21(27)3)25(19-36-33)22-16-23(18-35-17-22)31(40)34(41)38(4)5/h9-20,31,40H,7-8H2,1-6H3,(H,36,37). The van der Waals surface area contributed by atoms with Crippen LogP contribution in [0.5, 0.6) is 11.5 Å². The van der Waals surface area contributed by atoms with Gasteiger partial charge in [-0.3, -0.25) is 9.78 Å². The molecule has 0 bridgehead atoms. The Labute approximate surface area is 251 Å². The molecule has 43 heavy (non-hydrogen) atoms. The normalized spacial score (nSPS) is 11.8. The first-order chi connectivity index (χ1) is 20.8. The van der Waals surface area contributed by atoms with Crippen molar-refractivity contribution in [3.05, 3.63) is 84.4 Å². The monoisotopic (exact) mass is 579 g/mol. The molecule has 0 spiro atoms. The molecule has 0 aliphatic carbocycles. The van der Waals surface area contributed by atoms with Gasteiger partial charge in [0.1, 0.15) is 5.65 Å². The van der Waals surface area contributed by atoms with Crippen molar-refractivity contribution >= 4 is 28.3 Å². The summed E-state index contributed by atoms with van der Waals surface area (Å²) in [6.45, 7) is 6.96. The van der Waals surface area contributed by atoms with E-state index in [2.05, 4.69) is 33.9 Å². The Bertz CT molecular complexity index is 1760. The van der Waals surface area contributed by atoms with Gasteiger partial charge in [0.25, 0.3) is 5.91 Å². The SMILES string of the molecule is CCOc1cccc(-c2c[nH]c3ncc(-c4cncc(C(O)C(=O)N(C)C)c4)c(N(C)c4ccccc4C)c23)c1OCC. The van der Waals surface area contributed by atoms with Crippen LogP contribution in [0.1, 0.15) is 31.1 Å². The van der Waals surface area contributed by atoms with E-state index >= 15 is 0 Å². The average molecular weight is 580 g/mol. The maximum atomic E-state index is 12.6. The van der Waals surface area contributed by atoms with Crippen molar-refractivity contribution in [2.24, 2.45) is 0 Å². The molecule has 0 radical (unpaired) electrons. The summed E-state index contributed by atoms with van der Waals surface area (Å²) < 4.78 is 12.1. The number of aromatic amines is 1.